The first kappa shape index (κ1) is 20.4. The molecule has 1 amide bonds. The van der Waals surface area contributed by atoms with Crippen molar-refractivity contribution in [2.24, 2.45) is 0 Å². The first-order valence-electron chi connectivity index (χ1n) is 9.66. The summed E-state index contributed by atoms with van der Waals surface area (Å²) in [5.74, 6) is -0.0728. The van der Waals surface area contributed by atoms with E-state index in [4.69, 9.17) is 12.2 Å². The van der Waals surface area contributed by atoms with Crippen molar-refractivity contribution in [3.63, 3.8) is 0 Å². The third-order valence-corrected chi connectivity index (χ3v) is 6.49. The molecule has 1 fully saturated rings. The largest absolute Gasteiger partial charge is 0.378 e. The molecule has 2 heterocycles. The number of rotatable bonds is 4. The third-order valence-electron chi connectivity index (χ3n) is 5.19. The maximum Gasteiger partial charge on any atom is 0.270 e. The molecule has 1 aliphatic heterocycles. The Hall–Kier alpha value is -2.83. The van der Waals surface area contributed by atoms with E-state index in [0.717, 1.165) is 34.0 Å². The Balaban J connectivity index is 1.67. The highest BCUT2D eigenvalue weighted by Crippen LogP contribution is 2.36. The quantitative estimate of drug-likeness (QED) is 0.397. The van der Waals surface area contributed by atoms with Gasteiger partial charge in [-0.2, -0.15) is 0 Å². The number of para-hydroxylation sites is 1. The Morgan fingerprint density at radius 1 is 0.967 bits per heavy atom. The standard InChI is InChI=1S/C24H23N3OS2/c1-16-14-18(17(2)26(16)21-12-10-19(11-13-21)25(3)4)15-22-23(28)27(24(29)30-22)20-8-6-5-7-9-20/h5-15H,1-4H3/b22-15+. The van der Waals surface area contributed by atoms with Gasteiger partial charge in [-0.25, -0.2) is 0 Å². The van der Waals surface area contributed by atoms with Gasteiger partial charge in [0.2, 0.25) is 0 Å². The van der Waals surface area contributed by atoms with Crippen molar-refractivity contribution in [3.05, 3.63) is 82.5 Å². The second-order valence-electron chi connectivity index (χ2n) is 7.43. The summed E-state index contributed by atoms with van der Waals surface area (Å²) in [6, 6.07) is 20.1. The molecule has 0 radical (unpaired) electrons. The molecule has 4 nitrogen and oxygen atoms in total. The van der Waals surface area contributed by atoms with Gasteiger partial charge in [0.05, 0.1) is 10.6 Å². The first-order valence-corrected chi connectivity index (χ1v) is 10.9. The van der Waals surface area contributed by atoms with E-state index in [9.17, 15) is 4.79 Å². The molecule has 152 valence electrons. The molecule has 2 aromatic carbocycles. The summed E-state index contributed by atoms with van der Waals surface area (Å²) in [5.41, 5.74) is 6.30. The summed E-state index contributed by atoms with van der Waals surface area (Å²) in [7, 11) is 4.07. The number of benzene rings is 2. The van der Waals surface area contributed by atoms with Gasteiger partial charge in [0.15, 0.2) is 4.32 Å². The SMILES string of the molecule is Cc1cc(/C=C2/SC(=S)N(c3ccccc3)C2=O)c(C)n1-c1ccc(N(C)C)cc1. The van der Waals surface area contributed by atoms with Crippen LogP contribution >= 0.6 is 24.0 Å². The van der Waals surface area contributed by atoms with Gasteiger partial charge in [-0.1, -0.05) is 42.2 Å². The number of aromatic nitrogens is 1. The maximum atomic E-state index is 13.0. The van der Waals surface area contributed by atoms with Crippen LogP contribution in [0.5, 0.6) is 0 Å². The fourth-order valence-corrected chi connectivity index (χ4v) is 4.93. The van der Waals surface area contributed by atoms with Crippen LogP contribution in [0.1, 0.15) is 17.0 Å². The minimum Gasteiger partial charge on any atom is -0.378 e. The molecule has 0 aliphatic carbocycles. The Kier molecular flexibility index (Phi) is 5.54. The molecule has 1 aliphatic rings. The molecule has 0 atom stereocenters. The van der Waals surface area contributed by atoms with Crippen molar-refractivity contribution >= 4 is 51.7 Å². The van der Waals surface area contributed by atoms with Crippen LogP contribution in [-0.4, -0.2) is 28.9 Å². The minimum absolute atomic E-state index is 0.0728. The fourth-order valence-electron chi connectivity index (χ4n) is 3.64. The van der Waals surface area contributed by atoms with Crippen LogP contribution in [0, 0.1) is 13.8 Å². The molecular formula is C24H23N3OS2. The summed E-state index contributed by atoms with van der Waals surface area (Å²) in [4.78, 5) is 17.4. The summed E-state index contributed by atoms with van der Waals surface area (Å²) in [6.07, 6.45) is 1.95. The van der Waals surface area contributed by atoms with E-state index in [1.54, 1.807) is 4.90 Å². The zero-order chi connectivity index (χ0) is 21.4. The molecule has 0 bridgehead atoms. The number of thiocarbonyl (C=S) groups is 1. The van der Waals surface area contributed by atoms with E-state index in [2.05, 4.69) is 53.6 Å². The molecule has 0 saturated carbocycles. The highest BCUT2D eigenvalue weighted by atomic mass is 32.2. The number of nitrogens with zero attached hydrogens (tertiary/aromatic N) is 3. The van der Waals surface area contributed by atoms with Gasteiger partial charge < -0.3 is 9.47 Å². The van der Waals surface area contributed by atoms with Gasteiger partial charge in [-0.05, 0) is 68.0 Å². The highest BCUT2D eigenvalue weighted by molar-refractivity contribution is 8.27. The lowest BCUT2D eigenvalue weighted by Gasteiger charge is -2.15. The van der Waals surface area contributed by atoms with Gasteiger partial charge in [0.25, 0.3) is 5.91 Å². The smallest absolute Gasteiger partial charge is 0.270 e. The van der Waals surface area contributed by atoms with Crippen LogP contribution in [-0.2, 0) is 4.79 Å². The molecular weight excluding hydrogens is 410 g/mol. The average molecular weight is 434 g/mol. The zero-order valence-corrected chi connectivity index (χ0v) is 19.1. The topological polar surface area (TPSA) is 28.5 Å². The van der Waals surface area contributed by atoms with E-state index >= 15 is 0 Å². The molecule has 30 heavy (non-hydrogen) atoms. The molecule has 1 aromatic heterocycles. The van der Waals surface area contributed by atoms with Crippen molar-refractivity contribution in [2.45, 2.75) is 13.8 Å². The van der Waals surface area contributed by atoms with Gasteiger partial charge in [-0.3, -0.25) is 9.69 Å². The Morgan fingerprint density at radius 3 is 2.27 bits per heavy atom. The third kappa shape index (κ3) is 3.68. The number of aryl methyl sites for hydroxylation is 1. The minimum atomic E-state index is -0.0728. The summed E-state index contributed by atoms with van der Waals surface area (Å²) in [5, 5.41) is 0. The number of carbonyl (C=O) groups is 1. The van der Waals surface area contributed by atoms with Crippen molar-refractivity contribution in [3.8, 4) is 5.69 Å². The Labute approximate surface area is 186 Å². The molecule has 0 unspecified atom stereocenters. The van der Waals surface area contributed by atoms with Gasteiger partial charge in [-0.15, -0.1) is 0 Å². The Morgan fingerprint density at radius 2 is 1.63 bits per heavy atom. The number of anilines is 2. The molecule has 1 saturated heterocycles. The molecule has 0 spiro atoms. The molecule has 4 rings (SSSR count). The zero-order valence-electron chi connectivity index (χ0n) is 17.4. The van der Waals surface area contributed by atoms with Crippen LogP contribution in [0.2, 0.25) is 0 Å². The van der Waals surface area contributed by atoms with E-state index in [1.165, 1.54) is 11.8 Å². The average Bonchev–Trinajstić information content (AvgIpc) is 3.17. The lowest BCUT2D eigenvalue weighted by atomic mass is 10.2. The predicted molar refractivity (Wildman–Crippen MR) is 132 cm³/mol. The number of hydrogen-bond acceptors (Lipinski definition) is 4. The summed E-state index contributed by atoms with van der Waals surface area (Å²) in [6.45, 7) is 4.16. The fraction of sp³-hybridized carbons (Fsp3) is 0.167. The van der Waals surface area contributed by atoms with Crippen molar-refractivity contribution in [1.82, 2.24) is 4.57 Å². The van der Waals surface area contributed by atoms with Crippen LogP contribution in [0.25, 0.3) is 11.8 Å². The normalized spacial score (nSPS) is 15.3. The number of amides is 1. The monoisotopic (exact) mass is 433 g/mol. The van der Waals surface area contributed by atoms with Crippen LogP contribution in [0.15, 0.2) is 65.6 Å². The van der Waals surface area contributed by atoms with Crippen LogP contribution in [0.3, 0.4) is 0 Å². The number of thioether (sulfide) groups is 1. The Bertz CT molecular complexity index is 1150. The molecule has 6 heteroatoms. The summed E-state index contributed by atoms with van der Waals surface area (Å²) >= 11 is 6.83. The number of carbonyl (C=O) groups excluding carboxylic acids is 1. The van der Waals surface area contributed by atoms with Gasteiger partial charge in [0, 0.05) is 36.9 Å². The lowest BCUT2D eigenvalue weighted by molar-refractivity contribution is -0.113. The second-order valence-corrected chi connectivity index (χ2v) is 9.10. The van der Waals surface area contributed by atoms with Gasteiger partial charge in [0.1, 0.15) is 0 Å². The van der Waals surface area contributed by atoms with Gasteiger partial charge >= 0.3 is 0 Å². The first-order chi connectivity index (χ1) is 14.4. The van der Waals surface area contributed by atoms with E-state index in [0.29, 0.717) is 9.23 Å². The number of hydrogen-bond donors (Lipinski definition) is 0. The van der Waals surface area contributed by atoms with Crippen LogP contribution in [0.4, 0.5) is 11.4 Å². The highest BCUT2D eigenvalue weighted by Gasteiger charge is 2.33. The van der Waals surface area contributed by atoms with E-state index < -0.39 is 0 Å². The maximum absolute atomic E-state index is 13.0. The lowest BCUT2D eigenvalue weighted by Crippen LogP contribution is -2.27. The van der Waals surface area contributed by atoms with Crippen molar-refractivity contribution < 1.29 is 4.79 Å². The van der Waals surface area contributed by atoms with Crippen molar-refractivity contribution in [2.75, 3.05) is 23.9 Å². The summed E-state index contributed by atoms with van der Waals surface area (Å²) < 4.78 is 2.77. The van der Waals surface area contributed by atoms with Crippen molar-refractivity contribution in [1.29, 1.82) is 0 Å². The second kappa shape index (κ2) is 8.13. The van der Waals surface area contributed by atoms with E-state index in [1.807, 2.05) is 50.5 Å². The molecule has 3 aromatic rings. The van der Waals surface area contributed by atoms with E-state index in [-0.39, 0.29) is 5.91 Å². The molecule has 0 N–H and O–H groups in total. The van der Waals surface area contributed by atoms with Crippen LogP contribution < -0.4 is 9.80 Å². The predicted octanol–water partition coefficient (Wildman–Crippen LogP) is 5.57.